The summed E-state index contributed by atoms with van der Waals surface area (Å²) in [6, 6.07) is 2.42. The average molecular weight is 348 g/mol. The molecule has 0 saturated carbocycles. The standard InChI is InChI=1S/C17H18F2N4O2/c1-10-4-5-22(15(6-10)16(20)24)17(25)11-8-21-23(9-11)14-3-2-12(18)7-13(14)19/h2-3,7-10,15H,4-6H2,1H3,(H2,20,24). The lowest BCUT2D eigenvalue weighted by atomic mass is 9.91. The van der Waals surface area contributed by atoms with Crippen LogP contribution in [0.2, 0.25) is 0 Å². The Labute approximate surface area is 143 Å². The number of likely N-dealkylation sites (tertiary alicyclic amines) is 1. The molecule has 132 valence electrons. The van der Waals surface area contributed by atoms with Crippen molar-refractivity contribution in [2.45, 2.75) is 25.8 Å². The van der Waals surface area contributed by atoms with E-state index in [0.717, 1.165) is 23.2 Å². The summed E-state index contributed by atoms with van der Waals surface area (Å²) in [7, 11) is 0. The van der Waals surface area contributed by atoms with Crippen LogP contribution >= 0.6 is 0 Å². The van der Waals surface area contributed by atoms with Crippen LogP contribution in [-0.4, -0.2) is 39.1 Å². The zero-order valence-corrected chi connectivity index (χ0v) is 13.7. The topological polar surface area (TPSA) is 81.2 Å². The van der Waals surface area contributed by atoms with Gasteiger partial charge in [0.05, 0.1) is 11.8 Å². The second kappa shape index (κ2) is 6.62. The highest BCUT2D eigenvalue weighted by molar-refractivity contribution is 5.97. The zero-order chi connectivity index (χ0) is 18.1. The van der Waals surface area contributed by atoms with Gasteiger partial charge in [0.15, 0.2) is 5.82 Å². The van der Waals surface area contributed by atoms with Gasteiger partial charge in [-0.1, -0.05) is 6.92 Å². The van der Waals surface area contributed by atoms with Crippen LogP contribution in [0.25, 0.3) is 5.69 Å². The van der Waals surface area contributed by atoms with Crippen LogP contribution in [-0.2, 0) is 4.79 Å². The summed E-state index contributed by atoms with van der Waals surface area (Å²) in [4.78, 5) is 25.8. The molecule has 0 radical (unpaired) electrons. The Morgan fingerprint density at radius 2 is 2.08 bits per heavy atom. The molecule has 1 fully saturated rings. The van der Waals surface area contributed by atoms with Crippen LogP contribution in [0.5, 0.6) is 0 Å². The Bertz CT molecular complexity index is 821. The van der Waals surface area contributed by atoms with Crippen LogP contribution in [0.4, 0.5) is 8.78 Å². The van der Waals surface area contributed by atoms with E-state index in [4.69, 9.17) is 5.73 Å². The number of amides is 2. The molecule has 1 saturated heterocycles. The quantitative estimate of drug-likeness (QED) is 0.919. The molecule has 2 heterocycles. The van der Waals surface area contributed by atoms with Crippen molar-refractivity contribution in [2.75, 3.05) is 6.54 Å². The number of hydrogen-bond donors (Lipinski definition) is 1. The molecule has 3 rings (SSSR count). The SMILES string of the molecule is CC1CCN(C(=O)c2cnn(-c3ccc(F)cc3F)c2)C(C(N)=O)C1. The van der Waals surface area contributed by atoms with Crippen molar-refractivity contribution >= 4 is 11.8 Å². The fourth-order valence-corrected chi connectivity index (χ4v) is 3.05. The number of piperidine rings is 1. The summed E-state index contributed by atoms with van der Waals surface area (Å²) in [5.74, 6) is -2.11. The average Bonchev–Trinajstić information content (AvgIpc) is 3.03. The molecule has 1 aliphatic rings. The van der Waals surface area contributed by atoms with Crippen molar-refractivity contribution in [1.82, 2.24) is 14.7 Å². The predicted octanol–water partition coefficient (Wildman–Crippen LogP) is 1.88. The molecule has 1 aromatic heterocycles. The first kappa shape index (κ1) is 17.1. The maximum Gasteiger partial charge on any atom is 0.257 e. The van der Waals surface area contributed by atoms with Gasteiger partial charge in [-0.3, -0.25) is 9.59 Å². The fraction of sp³-hybridized carbons (Fsp3) is 0.353. The van der Waals surface area contributed by atoms with E-state index in [1.54, 1.807) is 0 Å². The third kappa shape index (κ3) is 3.38. The normalized spacial score (nSPS) is 20.5. The lowest BCUT2D eigenvalue weighted by molar-refractivity contribution is -0.124. The van der Waals surface area contributed by atoms with Crippen LogP contribution in [0, 0.1) is 17.6 Å². The van der Waals surface area contributed by atoms with Gasteiger partial charge in [-0.05, 0) is 30.9 Å². The minimum atomic E-state index is -0.788. The Hall–Kier alpha value is -2.77. The maximum atomic E-state index is 13.9. The molecule has 1 aliphatic heterocycles. The molecule has 2 aromatic rings. The number of carbonyl (C=O) groups is 2. The van der Waals surface area contributed by atoms with E-state index < -0.39 is 23.6 Å². The van der Waals surface area contributed by atoms with Crippen molar-refractivity contribution in [3.8, 4) is 5.69 Å². The summed E-state index contributed by atoms with van der Waals surface area (Å²) in [5.41, 5.74) is 5.67. The molecule has 2 unspecified atom stereocenters. The molecule has 2 atom stereocenters. The van der Waals surface area contributed by atoms with E-state index in [-0.39, 0.29) is 17.2 Å². The monoisotopic (exact) mass is 348 g/mol. The van der Waals surface area contributed by atoms with Crippen LogP contribution in [0.1, 0.15) is 30.1 Å². The van der Waals surface area contributed by atoms with Crippen molar-refractivity contribution in [3.63, 3.8) is 0 Å². The molecule has 2 N–H and O–H groups in total. The van der Waals surface area contributed by atoms with Gasteiger partial charge in [-0.15, -0.1) is 0 Å². The maximum absolute atomic E-state index is 13.9. The van der Waals surface area contributed by atoms with Gasteiger partial charge >= 0.3 is 0 Å². The van der Waals surface area contributed by atoms with Crippen molar-refractivity contribution in [3.05, 3.63) is 47.8 Å². The molecule has 2 amide bonds. The Kier molecular flexibility index (Phi) is 4.52. The Balaban J connectivity index is 1.86. The van der Waals surface area contributed by atoms with E-state index in [1.165, 1.54) is 23.4 Å². The minimum absolute atomic E-state index is 0.0270. The number of nitrogens with two attached hydrogens (primary N) is 1. The lowest BCUT2D eigenvalue weighted by Crippen LogP contribution is -2.52. The first-order valence-electron chi connectivity index (χ1n) is 7.97. The van der Waals surface area contributed by atoms with E-state index in [1.807, 2.05) is 6.92 Å². The smallest absolute Gasteiger partial charge is 0.257 e. The summed E-state index contributed by atoms with van der Waals surface area (Å²) in [5, 5.41) is 3.97. The van der Waals surface area contributed by atoms with Gasteiger partial charge in [-0.2, -0.15) is 5.10 Å². The van der Waals surface area contributed by atoms with E-state index in [2.05, 4.69) is 5.10 Å². The number of rotatable bonds is 3. The first-order valence-corrected chi connectivity index (χ1v) is 7.97. The summed E-state index contributed by atoms with van der Waals surface area (Å²) >= 11 is 0. The van der Waals surface area contributed by atoms with Gasteiger partial charge in [0, 0.05) is 18.8 Å². The molecule has 0 spiro atoms. The van der Waals surface area contributed by atoms with Gasteiger partial charge in [-0.25, -0.2) is 13.5 Å². The van der Waals surface area contributed by atoms with Gasteiger partial charge < -0.3 is 10.6 Å². The number of nitrogens with zero attached hydrogens (tertiary/aromatic N) is 3. The molecular formula is C17H18F2N4O2. The highest BCUT2D eigenvalue weighted by Gasteiger charge is 2.34. The zero-order valence-electron chi connectivity index (χ0n) is 13.7. The van der Waals surface area contributed by atoms with Gasteiger partial charge in [0.1, 0.15) is 17.5 Å². The molecule has 0 aliphatic carbocycles. The van der Waals surface area contributed by atoms with E-state index in [0.29, 0.717) is 18.9 Å². The fourth-order valence-electron chi connectivity index (χ4n) is 3.05. The highest BCUT2D eigenvalue weighted by atomic mass is 19.1. The third-order valence-electron chi connectivity index (χ3n) is 4.44. The Morgan fingerprint density at radius 3 is 2.76 bits per heavy atom. The minimum Gasteiger partial charge on any atom is -0.368 e. The lowest BCUT2D eigenvalue weighted by Gasteiger charge is -2.36. The molecular weight excluding hydrogens is 330 g/mol. The number of carbonyl (C=O) groups excluding carboxylic acids is 2. The highest BCUT2D eigenvalue weighted by Crippen LogP contribution is 2.24. The molecule has 6 nitrogen and oxygen atoms in total. The molecule has 1 aromatic carbocycles. The first-order chi connectivity index (χ1) is 11.9. The van der Waals surface area contributed by atoms with E-state index in [9.17, 15) is 18.4 Å². The number of primary amides is 1. The number of aromatic nitrogens is 2. The molecule has 8 heteroatoms. The van der Waals surface area contributed by atoms with Gasteiger partial charge in [0.2, 0.25) is 5.91 Å². The van der Waals surface area contributed by atoms with Crippen LogP contribution < -0.4 is 5.73 Å². The summed E-state index contributed by atoms with van der Waals surface area (Å²) in [6.07, 6.45) is 3.94. The number of benzene rings is 1. The molecule has 0 bridgehead atoms. The second-order valence-corrected chi connectivity index (χ2v) is 6.32. The van der Waals surface area contributed by atoms with Gasteiger partial charge in [0.25, 0.3) is 5.91 Å². The largest absolute Gasteiger partial charge is 0.368 e. The Morgan fingerprint density at radius 1 is 1.32 bits per heavy atom. The molecule has 25 heavy (non-hydrogen) atoms. The van der Waals surface area contributed by atoms with E-state index >= 15 is 0 Å². The van der Waals surface area contributed by atoms with Crippen molar-refractivity contribution in [1.29, 1.82) is 0 Å². The van der Waals surface area contributed by atoms with Crippen molar-refractivity contribution < 1.29 is 18.4 Å². The summed E-state index contributed by atoms with van der Waals surface area (Å²) < 4.78 is 28.0. The predicted molar refractivity (Wildman–Crippen MR) is 85.9 cm³/mol. The number of halogens is 2. The summed E-state index contributed by atoms with van der Waals surface area (Å²) in [6.45, 7) is 2.43. The second-order valence-electron chi connectivity index (χ2n) is 6.32. The van der Waals surface area contributed by atoms with Crippen LogP contribution in [0.15, 0.2) is 30.6 Å². The third-order valence-corrected chi connectivity index (χ3v) is 4.44. The number of hydrogen-bond acceptors (Lipinski definition) is 3. The van der Waals surface area contributed by atoms with Crippen molar-refractivity contribution in [2.24, 2.45) is 11.7 Å². The van der Waals surface area contributed by atoms with Crippen LogP contribution in [0.3, 0.4) is 0 Å².